The fraction of sp³-hybridized carbons (Fsp3) is 0.192. The van der Waals surface area contributed by atoms with Crippen molar-refractivity contribution >= 4 is 55.9 Å². The highest BCUT2D eigenvalue weighted by atomic mass is 79.9. The first-order valence-electron chi connectivity index (χ1n) is 10.9. The van der Waals surface area contributed by atoms with E-state index in [9.17, 15) is 9.59 Å². The molecule has 0 atom stereocenters. The van der Waals surface area contributed by atoms with E-state index >= 15 is 0 Å². The summed E-state index contributed by atoms with van der Waals surface area (Å²) in [6.45, 7) is 0.272. The standard InChI is InChI=1S/C26H25BrN4O3S/c1-30(2)20-11-9-19(10-12-20)28-24(32)16-35-26-29-22-13-8-18(27)14-21(22)25(33)31(26)15-17-6-4-5-7-23(17)34-3/h4-14H,15-16H2,1-3H3,(H,28,32). The van der Waals surface area contributed by atoms with E-state index in [-0.39, 0.29) is 23.8 Å². The number of anilines is 2. The van der Waals surface area contributed by atoms with Crippen LogP contribution in [-0.2, 0) is 11.3 Å². The Morgan fingerprint density at radius 2 is 1.86 bits per heavy atom. The van der Waals surface area contributed by atoms with Crippen LogP contribution in [0, 0.1) is 0 Å². The molecule has 0 unspecified atom stereocenters. The number of aromatic nitrogens is 2. The van der Waals surface area contributed by atoms with Crippen molar-refractivity contribution in [3.05, 3.63) is 87.1 Å². The number of carbonyl (C=O) groups is 1. The zero-order chi connectivity index (χ0) is 24.9. The van der Waals surface area contributed by atoms with E-state index in [2.05, 4.69) is 21.2 Å². The summed E-state index contributed by atoms with van der Waals surface area (Å²) in [5.41, 5.74) is 3.01. The number of nitrogens with one attached hydrogen (secondary N) is 1. The molecule has 0 saturated heterocycles. The molecule has 1 N–H and O–H groups in total. The number of nitrogens with zero attached hydrogens (tertiary/aromatic N) is 3. The fourth-order valence-electron chi connectivity index (χ4n) is 3.60. The van der Waals surface area contributed by atoms with Crippen LogP contribution in [0.5, 0.6) is 5.75 Å². The van der Waals surface area contributed by atoms with Crippen LogP contribution in [0.15, 0.2) is 81.2 Å². The predicted molar refractivity (Wildman–Crippen MR) is 146 cm³/mol. The summed E-state index contributed by atoms with van der Waals surface area (Å²) in [7, 11) is 5.52. The topological polar surface area (TPSA) is 76.5 Å². The molecule has 180 valence electrons. The van der Waals surface area contributed by atoms with E-state index in [1.807, 2.05) is 73.6 Å². The van der Waals surface area contributed by atoms with Crippen molar-refractivity contribution in [3.8, 4) is 5.75 Å². The van der Waals surface area contributed by atoms with E-state index in [1.165, 1.54) is 11.8 Å². The molecule has 4 rings (SSSR count). The number of amides is 1. The smallest absolute Gasteiger partial charge is 0.262 e. The van der Waals surface area contributed by atoms with Gasteiger partial charge in [0.25, 0.3) is 5.56 Å². The first kappa shape index (κ1) is 24.8. The number of fused-ring (bicyclic) bond motifs is 1. The van der Waals surface area contributed by atoms with Gasteiger partial charge >= 0.3 is 0 Å². The number of ether oxygens (including phenoxy) is 1. The van der Waals surface area contributed by atoms with Gasteiger partial charge in [0.1, 0.15) is 5.75 Å². The lowest BCUT2D eigenvalue weighted by molar-refractivity contribution is -0.113. The quantitative estimate of drug-likeness (QED) is 0.244. The highest BCUT2D eigenvalue weighted by Crippen LogP contribution is 2.24. The van der Waals surface area contributed by atoms with Gasteiger partial charge in [-0.2, -0.15) is 0 Å². The highest BCUT2D eigenvalue weighted by molar-refractivity contribution is 9.10. The number of hydrogen-bond acceptors (Lipinski definition) is 6. The van der Waals surface area contributed by atoms with Crippen LogP contribution in [0.25, 0.3) is 10.9 Å². The molecule has 0 bridgehead atoms. The Balaban J connectivity index is 1.61. The van der Waals surface area contributed by atoms with Crippen LogP contribution >= 0.6 is 27.7 Å². The van der Waals surface area contributed by atoms with Crippen molar-refractivity contribution in [2.45, 2.75) is 11.7 Å². The minimum Gasteiger partial charge on any atom is -0.496 e. The van der Waals surface area contributed by atoms with Gasteiger partial charge in [-0.15, -0.1) is 0 Å². The minimum absolute atomic E-state index is 0.107. The van der Waals surface area contributed by atoms with Crippen molar-refractivity contribution in [1.82, 2.24) is 9.55 Å². The second-order valence-electron chi connectivity index (χ2n) is 8.04. The zero-order valence-corrected chi connectivity index (χ0v) is 22.0. The molecule has 0 saturated carbocycles. The van der Waals surface area contributed by atoms with Gasteiger partial charge in [-0.3, -0.25) is 14.2 Å². The number of rotatable bonds is 8. The van der Waals surface area contributed by atoms with Crippen molar-refractivity contribution in [3.63, 3.8) is 0 Å². The third kappa shape index (κ3) is 5.86. The molecular weight excluding hydrogens is 528 g/mol. The molecule has 1 amide bonds. The first-order valence-corrected chi connectivity index (χ1v) is 12.7. The van der Waals surface area contributed by atoms with Crippen LogP contribution in [0.4, 0.5) is 11.4 Å². The molecule has 0 aliphatic carbocycles. The maximum Gasteiger partial charge on any atom is 0.262 e. The third-order valence-electron chi connectivity index (χ3n) is 5.40. The fourth-order valence-corrected chi connectivity index (χ4v) is 4.76. The highest BCUT2D eigenvalue weighted by Gasteiger charge is 2.16. The Kier molecular flexibility index (Phi) is 7.77. The van der Waals surface area contributed by atoms with Crippen LogP contribution in [-0.4, -0.2) is 42.4 Å². The molecule has 4 aromatic rings. The first-order chi connectivity index (χ1) is 16.9. The average Bonchev–Trinajstić information content (AvgIpc) is 2.85. The molecule has 0 aliphatic rings. The summed E-state index contributed by atoms with van der Waals surface area (Å²) >= 11 is 4.66. The molecule has 0 aliphatic heterocycles. The number of para-hydroxylation sites is 1. The number of methoxy groups -OCH3 is 1. The average molecular weight is 553 g/mol. The monoisotopic (exact) mass is 552 g/mol. The number of carbonyl (C=O) groups excluding carboxylic acids is 1. The summed E-state index contributed by atoms with van der Waals surface area (Å²) in [4.78, 5) is 32.9. The SMILES string of the molecule is COc1ccccc1Cn1c(SCC(=O)Nc2ccc(N(C)C)cc2)nc2ccc(Br)cc2c1=O. The van der Waals surface area contributed by atoms with Crippen molar-refractivity contribution in [2.24, 2.45) is 0 Å². The van der Waals surface area contributed by atoms with Crippen molar-refractivity contribution < 1.29 is 9.53 Å². The second kappa shape index (κ2) is 11.0. The van der Waals surface area contributed by atoms with Crippen LogP contribution < -0.4 is 20.5 Å². The molecule has 0 radical (unpaired) electrons. The summed E-state index contributed by atoms with van der Waals surface area (Å²) < 4.78 is 7.87. The van der Waals surface area contributed by atoms with Crippen LogP contribution in [0.1, 0.15) is 5.56 Å². The van der Waals surface area contributed by atoms with Crippen LogP contribution in [0.3, 0.4) is 0 Å². The van der Waals surface area contributed by atoms with Gasteiger partial charge in [0, 0.05) is 35.5 Å². The Bertz CT molecular complexity index is 1420. The third-order valence-corrected chi connectivity index (χ3v) is 6.87. The van der Waals surface area contributed by atoms with Crippen molar-refractivity contribution in [2.75, 3.05) is 37.2 Å². The Morgan fingerprint density at radius 3 is 2.57 bits per heavy atom. The number of thioether (sulfide) groups is 1. The van der Waals surface area contributed by atoms with Crippen molar-refractivity contribution in [1.29, 1.82) is 0 Å². The largest absolute Gasteiger partial charge is 0.496 e. The van der Waals surface area contributed by atoms with Gasteiger partial charge in [-0.1, -0.05) is 45.9 Å². The molecule has 1 heterocycles. The van der Waals surface area contributed by atoms with Gasteiger partial charge in [-0.25, -0.2) is 4.98 Å². The molecule has 0 spiro atoms. The maximum atomic E-state index is 13.5. The number of halogens is 1. The van der Waals surface area contributed by atoms with E-state index in [0.29, 0.717) is 27.5 Å². The van der Waals surface area contributed by atoms with Gasteiger partial charge in [0.05, 0.1) is 30.3 Å². The summed E-state index contributed by atoms with van der Waals surface area (Å²) in [6.07, 6.45) is 0. The molecule has 0 fully saturated rings. The predicted octanol–water partition coefficient (Wildman–Crippen LogP) is 5.01. The van der Waals surface area contributed by atoms with E-state index in [4.69, 9.17) is 9.72 Å². The zero-order valence-electron chi connectivity index (χ0n) is 19.6. The second-order valence-corrected chi connectivity index (χ2v) is 9.90. The molecule has 35 heavy (non-hydrogen) atoms. The van der Waals surface area contributed by atoms with Gasteiger partial charge in [0.15, 0.2) is 5.16 Å². The number of hydrogen-bond donors (Lipinski definition) is 1. The molecule has 9 heteroatoms. The Hall–Kier alpha value is -3.30. The maximum absolute atomic E-state index is 13.5. The lowest BCUT2D eigenvalue weighted by Crippen LogP contribution is -2.25. The summed E-state index contributed by atoms with van der Waals surface area (Å²) in [5.74, 6) is 0.612. The summed E-state index contributed by atoms with van der Waals surface area (Å²) in [6, 6.07) is 20.6. The molecule has 1 aromatic heterocycles. The molecular formula is C26H25BrN4O3S. The lowest BCUT2D eigenvalue weighted by atomic mass is 10.2. The summed E-state index contributed by atoms with van der Waals surface area (Å²) in [5, 5.41) is 3.88. The van der Waals surface area contributed by atoms with E-state index in [1.54, 1.807) is 23.8 Å². The normalized spacial score (nSPS) is 10.9. The van der Waals surface area contributed by atoms with Gasteiger partial charge in [-0.05, 0) is 48.5 Å². The minimum atomic E-state index is -0.179. The number of benzene rings is 3. The molecule has 3 aromatic carbocycles. The van der Waals surface area contributed by atoms with Gasteiger partial charge < -0.3 is 15.0 Å². The Morgan fingerprint density at radius 1 is 1.11 bits per heavy atom. The molecule has 7 nitrogen and oxygen atoms in total. The van der Waals surface area contributed by atoms with Gasteiger partial charge in [0.2, 0.25) is 5.91 Å². The van der Waals surface area contributed by atoms with Crippen LogP contribution in [0.2, 0.25) is 0 Å². The Labute approximate surface area is 216 Å². The lowest BCUT2D eigenvalue weighted by Gasteiger charge is -2.15. The van der Waals surface area contributed by atoms with E-state index < -0.39 is 0 Å². The van der Waals surface area contributed by atoms with E-state index in [0.717, 1.165) is 15.7 Å².